The highest BCUT2D eigenvalue weighted by Gasteiger charge is 2.33. The Morgan fingerprint density at radius 3 is 2.73 bits per heavy atom. The maximum atomic E-state index is 14.8. The van der Waals surface area contributed by atoms with Crippen LogP contribution >= 0.6 is 11.8 Å². The second-order valence-corrected chi connectivity index (χ2v) is 8.17. The van der Waals surface area contributed by atoms with Crippen molar-refractivity contribution in [3.05, 3.63) is 33.7 Å². The largest absolute Gasteiger partial charge is 0.477 e. The first kappa shape index (κ1) is 17.4. The lowest BCUT2D eigenvalue weighted by Gasteiger charge is -2.33. The lowest BCUT2D eigenvalue weighted by atomic mass is 10.1. The van der Waals surface area contributed by atoms with Crippen LogP contribution < -0.4 is 10.3 Å². The molecule has 0 amide bonds. The van der Waals surface area contributed by atoms with Crippen LogP contribution in [0.15, 0.2) is 22.0 Å². The minimum absolute atomic E-state index is 0.0137. The fourth-order valence-corrected chi connectivity index (χ4v) is 4.91. The van der Waals surface area contributed by atoms with Crippen molar-refractivity contribution in [1.82, 2.24) is 9.47 Å². The molecule has 8 heteroatoms. The van der Waals surface area contributed by atoms with Crippen molar-refractivity contribution in [2.24, 2.45) is 0 Å². The van der Waals surface area contributed by atoms with Crippen LogP contribution in [0, 0.1) is 5.82 Å². The SMILES string of the molecule is CC1Sc2c(C(=O)O)c(=O)c3cc(F)c(N4CCCN(C)CC4)cc3n21. The summed E-state index contributed by atoms with van der Waals surface area (Å²) in [5.74, 6) is -1.74. The number of halogens is 1. The number of hydrogen-bond donors (Lipinski definition) is 1. The van der Waals surface area contributed by atoms with E-state index in [9.17, 15) is 19.1 Å². The Balaban J connectivity index is 1.91. The molecule has 2 aliphatic rings. The fourth-order valence-electron chi connectivity index (χ4n) is 3.75. The van der Waals surface area contributed by atoms with E-state index in [0.717, 1.165) is 26.1 Å². The number of benzene rings is 1. The van der Waals surface area contributed by atoms with Gasteiger partial charge >= 0.3 is 5.97 Å². The summed E-state index contributed by atoms with van der Waals surface area (Å²) in [6.45, 7) is 5.22. The van der Waals surface area contributed by atoms with Gasteiger partial charge < -0.3 is 19.5 Å². The van der Waals surface area contributed by atoms with Gasteiger partial charge in [0.2, 0.25) is 5.43 Å². The molecule has 0 radical (unpaired) electrons. The zero-order valence-corrected chi connectivity index (χ0v) is 15.5. The molecule has 1 unspecified atom stereocenters. The number of likely N-dealkylation sites (N-methyl/N-ethyl adjacent to an activating group) is 1. The first-order valence-electron chi connectivity index (χ1n) is 8.63. The van der Waals surface area contributed by atoms with Crippen molar-refractivity contribution in [2.75, 3.05) is 38.1 Å². The molecular weight excluding hydrogens is 357 g/mol. The molecule has 0 bridgehead atoms. The third-order valence-corrected chi connectivity index (χ3v) is 6.32. The quantitative estimate of drug-likeness (QED) is 0.868. The molecule has 6 nitrogen and oxygen atoms in total. The van der Waals surface area contributed by atoms with E-state index in [1.54, 1.807) is 6.07 Å². The van der Waals surface area contributed by atoms with Gasteiger partial charge in [-0.25, -0.2) is 9.18 Å². The van der Waals surface area contributed by atoms with E-state index in [2.05, 4.69) is 11.9 Å². The van der Waals surface area contributed by atoms with Crippen LogP contribution in [0.3, 0.4) is 0 Å². The maximum absolute atomic E-state index is 14.8. The van der Waals surface area contributed by atoms with E-state index >= 15 is 0 Å². The van der Waals surface area contributed by atoms with Crippen molar-refractivity contribution in [3.8, 4) is 0 Å². The Bertz CT molecular complexity index is 975. The fraction of sp³-hybridized carbons (Fsp3) is 0.444. The third-order valence-electron chi connectivity index (χ3n) is 5.15. The summed E-state index contributed by atoms with van der Waals surface area (Å²) in [6.07, 6.45) is 0.941. The zero-order valence-electron chi connectivity index (χ0n) is 14.7. The number of hydrogen-bond acceptors (Lipinski definition) is 5. The van der Waals surface area contributed by atoms with Crippen LogP contribution in [0.2, 0.25) is 0 Å². The van der Waals surface area contributed by atoms with Gasteiger partial charge in [0.25, 0.3) is 0 Å². The average Bonchev–Trinajstić information content (AvgIpc) is 2.79. The topological polar surface area (TPSA) is 65.8 Å². The second-order valence-electron chi connectivity index (χ2n) is 6.87. The highest BCUT2D eigenvalue weighted by atomic mass is 32.2. The van der Waals surface area contributed by atoms with Gasteiger partial charge in [-0.2, -0.15) is 0 Å². The van der Waals surface area contributed by atoms with Crippen LogP contribution in [-0.2, 0) is 0 Å². The number of anilines is 1. The minimum Gasteiger partial charge on any atom is -0.477 e. The molecule has 1 aromatic heterocycles. The van der Waals surface area contributed by atoms with Crippen molar-refractivity contribution < 1.29 is 14.3 Å². The Hall–Kier alpha value is -2.06. The first-order valence-corrected chi connectivity index (χ1v) is 9.51. The maximum Gasteiger partial charge on any atom is 0.342 e. The van der Waals surface area contributed by atoms with Gasteiger partial charge in [0.15, 0.2) is 0 Å². The first-order chi connectivity index (χ1) is 12.4. The van der Waals surface area contributed by atoms with Crippen LogP contribution in [0.1, 0.15) is 29.1 Å². The number of rotatable bonds is 2. The highest BCUT2D eigenvalue weighted by Crippen LogP contribution is 2.46. The Morgan fingerprint density at radius 2 is 2.04 bits per heavy atom. The van der Waals surface area contributed by atoms with E-state index in [0.29, 0.717) is 22.8 Å². The van der Waals surface area contributed by atoms with Crippen molar-refractivity contribution >= 4 is 34.3 Å². The molecule has 26 heavy (non-hydrogen) atoms. The zero-order chi connectivity index (χ0) is 18.6. The monoisotopic (exact) mass is 377 g/mol. The van der Waals surface area contributed by atoms with Gasteiger partial charge in [-0.3, -0.25) is 4.79 Å². The lowest BCUT2D eigenvalue weighted by Crippen LogP contribution is -2.31. The predicted octanol–water partition coefficient (Wildman–Crippen LogP) is 2.60. The van der Waals surface area contributed by atoms with Gasteiger partial charge in [-0.15, -0.1) is 0 Å². The number of fused-ring (bicyclic) bond motifs is 3. The van der Waals surface area contributed by atoms with Crippen LogP contribution in [0.25, 0.3) is 10.9 Å². The highest BCUT2D eigenvalue weighted by molar-refractivity contribution is 8.00. The van der Waals surface area contributed by atoms with Gasteiger partial charge in [0.05, 0.1) is 21.6 Å². The molecular formula is C18H20FN3O3S. The molecule has 0 aliphatic carbocycles. The minimum atomic E-state index is -1.26. The van der Waals surface area contributed by atoms with Gasteiger partial charge in [-0.1, -0.05) is 11.8 Å². The molecule has 2 aliphatic heterocycles. The van der Waals surface area contributed by atoms with E-state index in [1.807, 2.05) is 16.4 Å². The predicted molar refractivity (Wildman–Crippen MR) is 100 cm³/mol. The van der Waals surface area contributed by atoms with Crippen LogP contribution in [0.5, 0.6) is 0 Å². The van der Waals surface area contributed by atoms with Crippen molar-refractivity contribution in [2.45, 2.75) is 23.7 Å². The second kappa shape index (κ2) is 6.28. The lowest BCUT2D eigenvalue weighted by molar-refractivity contribution is 0.0689. The van der Waals surface area contributed by atoms with Crippen LogP contribution in [0.4, 0.5) is 10.1 Å². The Labute approximate surface area is 154 Å². The molecule has 138 valence electrons. The summed E-state index contributed by atoms with van der Waals surface area (Å²) in [4.78, 5) is 28.4. The third kappa shape index (κ3) is 2.59. The molecule has 1 saturated heterocycles. The summed E-state index contributed by atoms with van der Waals surface area (Å²) in [6, 6.07) is 2.92. The van der Waals surface area contributed by atoms with E-state index in [-0.39, 0.29) is 16.3 Å². The number of carboxylic acids is 1. The average molecular weight is 377 g/mol. The molecule has 1 aromatic carbocycles. The molecule has 0 saturated carbocycles. The number of carboxylic acid groups (broad SMARTS) is 1. The smallest absolute Gasteiger partial charge is 0.342 e. The van der Waals surface area contributed by atoms with Gasteiger partial charge in [-0.05, 0) is 39.1 Å². The number of carbonyl (C=O) groups is 1. The molecule has 3 heterocycles. The Kier molecular flexibility index (Phi) is 4.19. The molecule has 2 aromatic rings. The van der Waals surface area contributed by atoms with Gasteiger partial charge in [0, 0.05) is 25.0 Å². The van der Waals surface area contributed by atoms with Crippen LogP contribution in [-0.4, -0.2) is 53.8 Å². The molecule has 4 rings (SSSR count). The number of nitrogens with zero attached hydrogens (tertiary/aromatic N) is 3. The van der Waals surface area contributed by atoms with E-state index in [1.165, 1.54) is 17.8 Å². The van der Waals surface area contributed by atoms with E-state index < -0.39 is 17.2 Å². The molecule has 1 fully saturated rings. The Morgan fingerprint density at radius 1 is 1.27 bits per heavy atom. The molecule has 1 atom stereocenters. The summed E-state index contributed by atoms with van der Waals surface area (Å²) in [7, 11) is 2.05. The summed E-state index contributed by atoms with van der Waals surface area (Å²) < 4.78 is 16.7. The van der Waals surface area contributed by atoms with Crippen molar-refractivity contribution in [1.29, 1.82) is 0 Å². The standard InChI is InChI=1S/C18H20FN3O3S/c1-10-22-13-9-14(21-5-3-4-20(2)6-7-21)12(19)8-11(13)16(23)15(18(24)25)17(22)26-10/h8-10H,3-7H2,1-2H3,(H,24,25). The number of thioether (sulfide) groups is 1. The van der Waals surface area contributed by atoms with Crippen molar-refractivity contribution in [3.63, 3.8) is 0 Å². The number of aromatic carboxylic acids is 1. The van der Waals surface area contributed by atoms with E-state index in [4.69, 9.17) is 0 Å². The normalized spacial score (nSPS) is 20.6. The summed E-state index contributed by atoms with van der Waals surface area (Å²) in [5, 5.41) is 10.0. The summed E-state index contributed by atoms with van der Waals surface area (Å²) in [5.41, 5.74) is 0.215. The molecule has 1 N–H and O–H groups in total. The number of aromatic nitrogens is 1. The molecule has 0 spiro atoms. The number of pyridine rings is 1. The van der Waals surface area contributed by atoms with Gasteiger partial charge in [0.1, 0.15) is 11.4 Å². The summed E-state index contributed by atoms with van der Waals surface area (Å²) >= 11 is 1.36.